The van der Waals surface area contributed by atoms with Gasteiger partial charge in [-0.05, 0) is 44.1 Å². The topological polar surface area (TPSA) is 26.0 Å². The molecule has 0 heterocycles. The van der Waals surface area contributed by atoms with Gasteiger partial charge in [0.2, 0.25) is 0 Å². The van der Waals surface area contributed by atoms with Crippen molar-refractivity contribution < 1.29 is 0 Å². The number of benzene rings is 1. The zero-order valence-corrected chi connectivity index (χ0v) is 9.58. The van der Waals surface area contributed by atoms with Gasteiger partial charge in [0.15, 0.2) is 0 Å². The first-order chi connectivity index (χ1) is 7.25. The van der Waals surface area contributed by atoms with Crippen molar-refractivity contribution in [3.8, 4) is 0 Å². The third kappa shape index (κ3) is 2.82. The van der Waals surface area contributed by atoms with Gasteiger partial charge in [0.05, 0.1) is 0 Å². The molecule has 0 bridgehead atoms. The van der Waals surface area contributed by atoms with Crippen molar-refractivity contribution in [2.24, 2.45) is 5.73 Å². The summed E-state index contributed by atoms with van der Waals surface area (Å²) in [6.45, 7) is 2.15. The molecule has 1 heteroatoms. The molecule has 1 aromatic carbocycles. The number of hydrogen-bond acceptors (Lipinski definition) is 1. The lowest BCUT2D eigenvalue weighted by Crippen LogP contribution is -2.17. The van der Waals surface area contributed by atoms with E-state index in [1.54, 1.807) is 0 Å². The van der Waals surface area contributed by atoms with E-state index < -0.39 is 0 Å². The van der Waals surface area contributed by atoms with Gasteiger partial charge >= 0.3 is 0 Å². The molecular formula is C14H21N. The Labute approximate surface area is 92.7 Å². The van der Waals surface area contributed by atoms with Crippen LogP contribution in [0.3, 0.4) is 0 Å². The third-order valence-electron chi connectivity index (χ3n) is 3.56. The van der Waals surface area contributed by atoms with Crippen LogP contribution in [0.4, 0.5) is 0 Å². The quantitative estimate of drug-likeness (QED) is 0.696. The van der Waals surface area contributed by atoms with Crippen LogP contribution in [0.2, 0.25) is 0 Å². The number of rotatable bonds is 1. The summed E-state index contributed by atoms with van der Waals surface area (Å²) < 4.78 is 0. The molecular weight excluding hydrogens is 182 g/mol. The maximum absolute atomic E-state index is 6.00. The largest absolute Gasteiger partial charge is 0.328 e. The fourth-order valence-electron chi connectivity index (χ4n) is 2.50. The molecule has 0 spiro atoms. The summed E-state index contributed by atoms with van der Waals surface area (Å²) in [4.78, 5) is 0. The van der Waals surface area contributed by atoms with Crippen LogP contribution in [0.15, 0.2) is 24.3 Å². The van der Waals surface area contributed by atoms with Crippen LogP contribution in [0.5, 0.6) is 0 Å². The summed E-state index contributed by atoms with van der Waals surface area (Å²) in [6, 6.07) is 9.47. The van der Waals surface area contributed by atoms with Crippen molar-refractivity contribution in [1.82, 2.24) is 0 Å². The van der Waals surface area contributed by atoms with Crippen molar-refractivity contribution in [3.05, 3.63) is 35.4 Å². The van der Waals surface area contributed by atoms with E-state index in [1.165, 1.54) is 43.2 Å². The maximum Gasteiger partial charge on any atom is 0.00390 e. The van der Waals surface area contributed by atoms with Crippen molar-refractivity contribution in [3.63, 3.8) is 0 Å². The SMILES string of the molecule is Cc1ccc(C2CCCC(N)CC2)cc1. The summed E-state index contributed by atoms with van der Waals surface area (Å²) in [5.41, 5.74) is 8.86. The second kappa shape index (κ2) is 4.80. The van der Waals surface area contributed by atoms with Gasteiger partial charge in [0.1, 0.15) is 0 Å². The van der Waals surface area contributed by atoms with Crippen LogP contribution >= 0.6 is 0 Å². The predicted octanol–water partition coefficient (Wildman–Crippen LogP) is 3.37. The molecule has 2 unspecified atom stereocenters. The van der Waals surface area contributed by atoms with E-state index in [9.17, 15) is 0 Å². The minimum atomic E-state index is 0.445. The lowest BCUT2D eigenvalue weighted by atomic mass is 9.91. The third-order valence-corrected chi connectivity index (χ3v) is 3.56. The monoisotopic (exact) mass is 203 g/mol. The van der Waals surface area contributed by atoms with Gasteiger partial charge in [-0.2, -0.15) is 0 Å². The van der Waals surface area contributed by atoms with Crippen LogP contribution in [-0.2, 0) is 0 Å². The van der Waals surface area contributed by atoms with E-state index in [2.05, 4.69) is 31.2 Å². The molecule has 2 atom stereocenters. The maximum atomic E-state index is 6.00. The van der Waals surface area contributed by atoms with E-state index in [4.69, 9.17) is 5.73 Å². The molecule has 15 heavy (non-hydrogen) atoms. The van der Waals surface area contributed by atoms with Crippen LogP contribution < -0.4 is 5.73 Å². The zero-order valence-electron chi connectivity index (χ0n) is 9.58. The lowest BCUT2D eigenvalue weighted by Gasteiger charge is -2.14. The van der Waals surface area contributed by atoms with Gasteiger partial charge in [-0.25, -0.2) is 0 Å². The fraction of sp³-hybridized carbons (Fsp3) is 0.571. The Kier molecular flexibility index (Phi) is 3.42. The standard InChI is InChI=1S/C14H21N/c1-11-5-7-13(8-6-11)12-3-2-4-14(15)10-9-12/h5-8,12,14H,2-4,9-10,15H2,1H3. The fourth-order valence-corrected chi connectivity index (χ4v) is 2.50. The Morgan fingerprint density at radius 1 is 1.00 bits per heavy atom. The summed E-state index contributed by atoms with van der Waals surface area (Å²) >= 11 is 0. The van der Waals surface area contributed by atoms with Gasteiger partial charge in [-0.1, -0.05) is 36.2 Å². The first-order valence-corrected chi connectivity index (χ1v) is 6.08. The van der Waals surface area contributed by atoms with Crippen molar-refractivity contribution in [2.75, 3.05) is 0 Å². The van der Waals surface area contributed by atoms with Crippen LogP contribution in [0.1, 0.15) is 49.1 Å². The Morgan fingerprint density at radius 3 is 2.47 bits per heavy atom. The van der Waals surface area contributed by atoms with Gasteiger partial charge < -0.3 is 5.73 Å². The van der Waals surface area contributed by atoms with Gasteiger partial charge in [-0.3, -0.25) is 0 Å². The molecule has 0 aliphatic heterocycles. The molecule has 2 N–H and O–H groups in total. The Morgan fingerprint density at radius 2 is 1.73 bits per heavy atom. The molecule has 1 aliphatic rings. The van der Waals surface area contributed by atoms with E-state index in [0.29, 0.717) is 6.04 Å². The Bertz CT molecular complexity index is 302. The molecule has 0 aromatic heterocycles. The van der Waals surface area contributed by atoms with Crippen molar-refractivity contribution >= 4 is 0 Å². The highest BCUT2D eigenvalue weighted by Gasteiger charge is 2.17. The highest BCUT2D eigenvalue weighted by Crippen LogP contribution is 2.31. The zero-order chi connectivity index (χ0) is 10.7. The van der Waals surface area contributed by atoms with E-state index >= 15 is 0 Å². The molecule has 82 valence electrons. The van der Waals surface area contributed by atoms with Crippen LogP contribution in [0.25, 0.3) is 0 Å². The highest BCUT2D eigenvalue weighted by molar-refractivity contribution is 5.24. The number of hydrogen-bond donors (Lipinski definition) is 1. The molecule has 1 fully saturated rings. The van der Waals surface area contributed by atoms with Crippen molar-refractivity contribution in [2.45, 2.75) is 51.0 Å². The van der Waals surface area contributed by atoms with Crippen LogP contribution in [-0.4, -0.2) is 6.04 Å². The number of nitrogens with two attached hydrogens (primary N) is 1. The smallest absolute Gasteiger partial charge is 0.00390 e. The minimum absolute atomic E-state index is 0.445. The molecule has 1 nitrogen and oxygen atoms in total. The second-order valence-corrected chi connectivity index (χ2v) is 4.88. The average molecular weight is 203 g/mol. The van der Waals surface area contributed by atoms with Gasteiger partial charge in [0, 0.05) is 6.04 Å². The summed E-state index contributed by atoms with van der Waals surface area (Å²) in [5.74, 6) is 0.749. The molecule has 0 saturated heterocycles. The number of aryl methyl sites for hydroxylation is 1. The molecule has 2 rings (SSSR count). The van der Waals surface area contributed by atoms with Gasteiger partial charge in [0.25, 0.3) is 0 Å². The summed E-state index contributed by atoms with van der Waals surface area (Å²) in [7, 11) is 0. The van der Waals surface area contributed by atoms with E-state index in [1.807, 2.05) is 0 Å². The lowest BCUT2D eigenvalue weighted by molar-refractivity contribution is 0.568. The normalized spacial score (nSPS) is 27.3. The molecule has 0 radical (unpaired) electrons. The first-order valence-electron chi connectivity index (χ1n) is 6.08. The molecule has 1 saturated carbocycles. The van der Waals surface area contributed by atoms with E-state index in [-0.39, 0.29) is 0 Å². The average Bonchev–Trinajstić information content (AvgIpc) is 2.44. The highest BCUT2D eigenvalue weighted by atomic mass is 14.6. The van der Waals surface area contributed by atoms with E-state index in [0.717, 1.165) is 5.92 Å². The minimum Gasteiger partial charge on any atom is -0.328 e. The van der Waals surface area contributed by atoms with Crippen LogP contribution in [0, 0.1) is 6.92 Å². The van der Waals surface area contributed by atoms with Crippen molar-refractivity contribution in [1.29, 1.82) is 0 Å². The Balaban J connectivity index is 2.06. The first kappa shape index (κ1) is 10.7. The molecule has 1 aliphatic carbocycles. The summed E-state index contributed by atoms with van der Waals surface area (Å²) in [6.07, 6.45) is 6.28. The Hall–Kier alpha value is -0.820. The molecule has 1 aromatic rings. The second-order valence-electron chi connectivity index (χ2n) is 4.88. The van der Waals surface area contributed by atoms with Gasteiger partial charge in [-0.15, -0.1) is 0 Å². The summed E-state index contributed by atoms with van der Waals surface area (Å²) in [5, 5.41) is 0. The predicted molar refractivity (Wildman–Crippen MR) is 65.0 cm³/mol. The molecule has 0 amide bonds.